The normalized spacial score (nSPS) is 23.1. The van der Waals surface area contributed by atoms with Gasteiger partial charge in [0.15, 0.2) is 0 Å². The average molecular weight is 947 g/mol. The van der Waals surface area contributed by atoms with Crippen molar-refractivity contribution < 1.29 is 53.1 Å². The number of benzene rings is 2. The van der Waals surface area contributed by atoms with E-state index in [4.69, 9.17) is 15.0 Å². The van der Waals surface area contributed by atoms with Crippen molar-refractivity contribution in [3.05, 3.63) is 59.7 Å². The lowest BCUT2D eigenvalue weighted by molar-refractivity contribution is -0.199. The number of rotatable bonds is 24. The van der Waals surface area contributed by atoms with Crippen LogP contribution in [0.1, 0.15) is 103 Å². The van der Waals surface area contributed by atoms with Gasteiger partial charge in [0.1, 0.15) is 24.2 Å². The number of carbonyl (C=O) groups excluding carboxylic acids is 7. The van der Waals surface area contributed by atoms with Gasteiger partial charge in [0.25, 0.3) is 5.91 Å². The van der Waals surface area contributed by atoms with E-state index in [9.17, 15) is 43.8 Å². The Balaban J connectivity index is 1.03. The molecule has 68 heavy (non-hydrogen) atoms. The van der Waals surface area contributed by atoms with Gasteiger partial charge >= 0.3 is 7.12 Å². The first-order valence-electron chi connectivity index (χ1n) is 23.7. The van der Waals surface area contributed by atoms with Gasteiger partial charge in [-0.1, -0.05) is 63.6 Å². The molecule has 4 fully saturated rings. The van der Waals surface area contributed by atoms with Gasteiger partial charge in [-0.05, 0) is 106 Å². The fourth-order valence-electron chi connectivity index (χ4n) is 9.50. The molecule has 3 aliphatic carbocycles. The Kier molecular flexibility index (Phi) is 18.3. The number of hydrogen-bond donors (Lipinski definition) is 10. The standard InChI is InChI=1S/C48H71BN8O11/c1-9-10-11-30-12-14-31(15-13-30)32-16-18-33(19-17-32)43(63)56-36(25-58)45(65)52-26(2)23-51-24-40(61)57-41(28(4)59)46(66)53-27(3)42(62)55-35(22-39(50)60)44(64)54-29(5)49-67-38-21-34-20-37(47(34,6)7)48(38,8)68-49/h12-19,26-29,34-38,41,51,58-59H,9-11,20-25H2,1-8H3,(H2,50,60)(H,52,65)(H,53,66)(H,54,64)(H,55,62)(H,56,63)(H,57,61)/t26-,27+,28?,29+,34+,35+,36-,37+,38-,41?,48+/m1/s1. The molecule has 2 bridgehead atoms. The fourth-order valence-corrected chi connectivity index (χ4v) is 9.50. The third kappa shape index (κ3) is 13.2. The van der Waals surface area contributed by atoms with Crippen LogP contribution >= 0.6 is 0 Å². The molecule has 3 saturated carbocycles. The predicted molar refractivity (Wildman–Crippen MR) is 254 cm³/mol. The Morgan fingerprint density at radius 3 is 2.01 bits per heavy atom. The molecule has 11 N–H and O–H groups in total. The van der Waals surface area contributed by atoms with Crippen molar-refractivity contribution in [2.45, 2.75) is 148 Å². The van der Waals surface area contributed by atoms with Crippen LogP contribution in [0, 0.1) is 17.3 Å². The molecule has 2 unspecified atom stereocenters. The number of primary amides is 1. The zero-order valence-electron chi connectivity index (χ0n) is 40.5. The lowest BCUT2D eigenvalue weighted by atomic mass is 9.43. The molecule has 11 atom stereocenters. The van der Waals surface area contributed by atoms with E-state index in [1.807, 2.05) is 31.2 Å². The Bertz CT molecular complexity index is 2130. The first-order chi connectivity index (χ1) is 32.1. The molecule has 20 heteroatoms. The highest BCUT2D eigenvalue weighted by atomic mass is 16.7. The Labute approximate surface area is 399 Å². The van der Waals surface area contributed by atoms with Crippen molar-refractivity contribution in [1.29, 1.82) is 0 Å². The summed E-state index contributed by atoms with van der Waals surface area (Å²) >= 11 is 0. The van der Waals surface area contributed by atoms with Crippen LogP contribution in [-0.2, 0) is 44.5 Å². The van der Waals surface area contributed by atoms with Gasteiger partial charge in [0.2, 0.25) is 35.4 Å². The minimum absolute atomic E-state index is 0.0632. The zero-order valence-corrected chi connectivity index (χ0v) is 40.5. The monoisotopic (exact) mass is 947 g/mol. The quantitative estimate of drug-likeness (QED) is 0.0640. The minimum Gasteiger partial charge on any atom is -0.404 e. The molecule has 1 aliphatic heterocycles. The molecule has 1 heterocycles. The van der Waals surface area contributed by atoms with Crippen LogP contribution in [0.3, 0.4) is 0 Å². The zero-order chi connectivity index (χ0) is 50.1. The van der Waals surface area contributed by atoms with Gasteiger partial charge in [-0.3, -0.25) is 33.6 Å². The maximum absolute atomic E-state index is 13.4. The van der Waals surface area contributed by atoms with Gasteiger partial charge < -0.3 is 62.5 Å². The molecule has 0 radical (unpaired) electrons. The highest BCUT2D eigenvalue weighted by molar-refractivity contribution is 6.47. The predicted octanol–water partition coefficient (Wildman–Crippen LogP) is 0.384. The first kappa shape index (κ1) is 53.5. The molecule has 2 aromatic carbocycles. The van der Waals surface area contributed by atoms with E-state index >= 15 is 0 Å². The van der Waals surface area contributed by atoms with Crippen LogP contribution in [0.25, 0.3) is 11.1 Å². The summed E-state index contributed by atoms with van der Waals surface area (Å²) in [5.41, 5.74) is 8.53. The summed E-state index contributed by atoms with van der Waals surface area (Å²) in [6.07, 6.45) is 3.09. The van der Waals surface area contributed by atoms with E-state index < -0.39 is 109 Å². The Hall–Kier alpha value is -5.41. The fraction of sp³-hybridized carbons (Fsp3) is 0.604. The molecule has 6 rings (SSSR count). The van der Waals surface area contributed by atoms with Crippen LogP contribution < -0.4 is 43.0 Å². The van der Waals surface area contributed by atoms with Crippen molar-refractivity contribution >= 4 is 48.5 Å². The SMILES string of the molecule is CCCCc1ccc(-c2ccc(C(=O)N[C@H](CO)C(=O)N[C@H](C)CNCC(=O)NC(C(=O)N[C@@H](C)C(=O)N[C@@H](CC(N)=O)C(=O)N[C@@H](C)B3O[C@@H]4C[C@@H]5C[C@@H](C5(C)C)[C@]4(C)O3)C(C)O)cc2)cc1. The average Bonchev–Trinajstić information content (AvgIpc) is 3.66. The Morgan fingerprint density at radius 1 is 0.794 bits per heavy atom. The number of amides is 7. The van der Waals surface area contributed by atoms with Crippen molar-refractivity contribution in [1.82, 2.24) is 37.2 Å². The summed E-state index contributed by atoms with van der Waals surface area (Å²) in [7, 11) is -0.759. The molecule has 7 amide bonds. The van der Waals surface area contributed by atoms with Gasteiger partial charge in [-0.25, -0.2) is 0 Å². The molecular weight excluding hydrogens is 875 g/mol. The van der Waals surface area contributed by atoms with E-state index in [0.717, 1.165) is 43.2 Å². The second-order valence-electron chi connectivity index (χ2n) is 19.5. The summed E-state index contributed by atoms with van der Waals surface area (Å²) < 4.78 is 12.7. The number of unbranched alkanes of at least 4 members (excludes halogenated alkanes) is 1. The third-order valence-electron chi connectivity index (χ3n) is 13.8. The Morgan fingerprint density at radius 2 is 1.43 bits per heavy atom. The molecule has 19 nitrogen and oxygen atoms in total. The topological polar surface area (TPSA) is 289 Å². The van der Waals surface area contributed by atoms with Crippen LogP contribution in [0.15, 0.2) is 48.5 Å². The van der Waals surface area contributed by atoms with Gasteiger partial charge in [-0.2, -0.15) is 0 Å². The molecular formula is C48H71BN8O11. The molecule has 2 aromatic rings. The molecule has 372 valence electrons. The maximum atomic E-state index is 13.4. The highest BCUT2D eigenvalue weighted by Gasteiger charge is 2.68. The number of nitrogens with two attached hydrogens (primary N) is 1. The lowest BCUT2D eigenvalue weighted by Crippen LogP contribution is -2.65. The van der Waals surface area contributed by atoms with E-state index in [1.54, 1.807) is 26.0 Å². The van der Waals surface area contributed by atoms with E-state index in [-0.39, 0.29) is 24.6 Å². The van der Waals surface area contributed by atoms with E-state index in [1.165, 1.54) is 19.4 Å². The van der Waals surface area contributed by atoms with Crippen LogP contribution in [-0.4, -0.2) is 132 Å². The number of hydrogen-bond acceptors (Lipinski definition) is 12. The summed E-state index contributed by atoms with van der Waals surface area (Å²) in [4.78, 5) is 90.7. The number of nitrogens with one attached hydrogen (secondary N) is 7. The number of carbonyl (C=O) groups is 7. The smallest absolute Gasteiger partial charge is 0.404 e. The molecule has 0 spiro atoms. The maximum Gasteiger partial charge on any atom is 0.481 e. The molecule has 0 aromatic heterocycles. The third-order valence-corrected chi connectivity index (χ3v) is 13.8. The summed E-state index contributed by atoms with van der Waals surface area (Å²) in [5.74, 6) is -5.05. The lowest BCUT2D eigenvalue weighted by Gasteiger charge is -2.64. The van der Waals surface area contributed by atoms with Gasteiger partial charge in [-0.15, -0.1) is 0 Å². The second-order valence-corrected chi connectivity index (χ2v) is 19.5. The van der Waals surface area contributed by atoms with Crippen LogP contribution in [0.4, 0.5) is 0 Å². The van der Waals surface area contributed by atoms with Crippen LogP contribution in [0.5, 0.6) is 0 Å². The number of aliphatic hydroxyl groups excluding tert-OH is 2. The van der Waals surface area contributed by atoms with Gasteiger partial charge in [0, 0.05) is 18.2 Å². The van der Waals surface area contributed by atoms with Crippen molar-refractivity contribution in [3.8, 4) is 11.1 Å². The van der Waals surface area contributed by atoms with Crippen molar-refractivity contribution in [2.24, 2.45) is 23.0 Å². The second kappa shape index (κ2) is 23.3. The first-order valence-corrected chi connectivity index (χ1v) is 23.7. The minimum atomic E-state index is -1.50. The number of aliphatic hydroxyl groups is 2. The largest absolute Gasteiger partial charge is 0.481 e. The summed E-state index contributed by atoms with van der Waals surface area (Å²) in [6.45, 7) is 13.7. The van der Waals surface area contributed by atoms with E-state index in [0.29, 0.717) is 17.4 Å². The number of aryl methyl sites for hydroxylation is 1. The van der Waals surface area contributed by atoms with Crippen LogP contribution in [0.2, 0.25) is 0 Å². The van der Waals surface area contributed by atoms with Gasteiger partial charge in [0.05, 0.1) is 43.3 Å². The molecule has 4 aliphatic rings. The van der Waals surface area contributed by atoms with Crippen molar-refractivity contribution in [3.63, 3.8) is 0 Å². The molecule has 1 saturated heterocycles. The van der Waals surface area contributed by atoms with E-state index in [2.05, 4.69) is 70.1 Å². The summed E-state index contributed by atoms with van der Waals surface area (Å²) in [6, 6.07) is 9.15. The highest BCUT2D eigenvalue weighted by Crippen LogP contribution is 2.65. The summed E-state index contributed by atoms with van der Waals surface area (Å²) in [5, 5.41) is 38.4. The van der Waals surface area contributed by atoms with Crippen molar-refractivity contribution in [2.75, 3.05) is 19.7 Å².